The molecule has 28 heteroatoms. The number of nitrogens with two attached hydrogens (primary N) is 3. The third-order valence-electron chi connectivity index (χ3n) is 11.3. The predicted octanol–water partition coefficient (Wildman–Crippen LogP) is 12.5. The lowest BCUT2D eigenvalue weighted by Gasteiger charge is -2.26. The molecule has 1 unspecified atom stereocenters. The third kappa shape index (κ3) is 21.8. The number of benzene rings is 4. The Kier molecular flexibility index (Phi) is 28.7. The van der Waals surface area contributed by atoms with Gasteiger partial charge in [0.05, 0.1) is 81.9 Å². The molecule has 0 saturated carbocycles. The van der Waals surface area contributed by atoms with Crippen LogP contribution in [0.15, 0.2) is 78.9 Å². The van der Waals surface area contributed by atoms with Crippen molar-refractivity contribution in [3.8, 4) is 33.8 Å². The zero-order valence-corrected chi connectivity index (χ0v) is 49.2. The van der Waals surface area contributed by atoms with Crippen LogP contribution in [0.3, 0.4) is 0 Å². The Balaban J connectivity index is 0.000000325. The van der Waals surface area contributed by atoms with Crippen molar-refractivity contribution in [1.82, 2.24) is 45.5 Å². The molecule has 0 spiro atoms. The van der Waals surface area contributed by atoms with Crippen LogP contribution >= 0.6 is 69.6 Å². The maximum atomic E-state index is 13.7. The Labute approximate surface area is 511 Å². The summed E-state index contributed by atoms with van der Waals surface area (Å²) in [4.78, 5) is 12.7. The van der Waals surface area contributed by atoms with E-state index in [1.807, 2.05) is 20.8 Å². The predicted molar refractivity (Wildman–Crippen MR) is 323 cm³/mol. The summed E-state index contributed by atoms with van der Waals surface area (Å²) in [6.07, 6.45) is -0.136. The number of hydrogen-bond donors (Lipinski definition) is 6. The van der Waals surface area contributed by atoms with Gasteiger partial charge in [-0.3, -0.25) is 0 Å². The van der Waals surface area contributed by atoms with Gasteiger partial charge >= 0.3 is 6.61 Å². The smallest absolute Gasteiger partial charge is 0.345 e. The highest BCUT2D eigenvalue weighted by Gasteiger charge is 2.28. The fourth-order valence-corrected chi connectivity index (χ4v) is 8.45. The molecule has 0 aliphatic heterocycles. The van der Waals surface area contributed by atoms with Crippen molar-refractivity contribution in [1.29, 1.82) is 0 Å². The highest BCUT2D eigenvalue weighted by Crippen LogP contribution is 2.37. The number of rotatable bonds is 23. The highest BCUT2D eigenvalue weighted by molar-refractivity contribution is 6.45. The van der Waals surface area contributed by atoms with Crippen molar-refractivity contribution < 1.29 is 42.3 Å². The van der Waals surface area contributed by atoms with E-state index in [4.69, 9.17) is 101 Å². The summed E-state index contributed by atoms with van der Waals surface area (Å²) in [6, 6.07) is 21.7. The molecule has 0 bridgehead atoms. The van der Waals surface area contributed by atoms with Crippen molar-refractivity contribution in [2.75, 3.05) is 69.3 Å². The lowest BCUT2D eigenvalue weighted by atomic mass is 9.88. The number of hydrogen-bond acceptors (Lipinski definition) is 19. The van der Waals surface area contributed by atoms with E-state index < -0.39 is 29.1 Å². The van der Waals surface area contributed by atoms with Gasteiger partial charge < -0.3 is 51.7 Å². The van der Waals surface area contributed by atoms with Gasteiger partial charge in [-0.2, -0.15) is 13.8 Å². The summed E-state index contributed by atoms with van der Waals surface area (Å²) in [5.41, 5.74) is 19.3. The van der Waals surface area contributed by atoms with Gasteiger partial charge in [0.1, 0.15) is 29.0 Å². The normalized spacial score (nSPS) is 12.4. The van der Waals surface area contributed by atoms with Gasteiger partial charge in [-0.15, -0.1) is 30.6 Å². The second-order valence-corrected chi connectivity index (χ2v) is 22.2. The molecule has 9 N–H and O–H groups in total. The zero-order chi connectivity index (χ0) is 59.7. The number of halogens is 9. The molecule has 3 aromatic heterocycles. The Hall–Kier alpha value is -5.60. The van der Waals surface area contributed by atoms with Crippen LogP contribution in [0.25, 0.3) is 33.8 Å². The number of nitrogens with zero attached hydrogens (tertiary/aromatic N) is 9. The van der Waals surface area contributed by atoms with Crippen molar-refractivity contribution in [3.05, 3.63) is 132 Å². The molecule has 2 atom stereocenters. The highest BCUT2D eigenvalue weighted by atomic mass is 35.5. The van der Waals surface area contributed by atoms with Gasteiger partial charge in [0, 0.05) is 47.6 Å². The summed E-state index contributed by atoms with van der Waals surface area (Å²) in [5.74, 6) is 1.05. The number of alkyl halides is 2. The fourth-order valence-electron chi connectivity index (χ4n) is 7.28. The second kappa shape index (κ2) is 33.2. The van der Waals surface area contributed by atoms with E-state index >= 15 is 0 Å². The average Bonchev–Trinajstić information content (AvgIpc) is 3.44. The Morgan fingerprint density at radius 3 is 1.51 bits per heavy atom. The molecule has 4 aromatic carbocycles. The minimum Gasteiger partial charge on any atom is -0.396 e. The van der Waals surface area contributed by atoms with Crippen molar-refractivity contribution in [2.24, 2.45) is 10.8 Å². The first-order valence-electron chi connectivity index (χ1n) is 24.4. The average molecular weight is 1280 g/mol. The summed E-state index contributed by atoms with van der Waals surface area (Å²) >= 11 is 36.6. The molecule has 0 radical (unpaired) electrons. The maximum absolute atomic E-state index is 13.7. The fraction of sp³-hybridized carbons (Fsp3) is 0.400. The summed E-state index contributed by atoms with van der Waals surface area (Å²) in [6.45, 7) is 6.93. The van der Waals surface area contributed by atoms with Crippen LogP contribution < -0.4 is 22.5 Å². The molecular weight excluding hydrogens is 1210 g/mol. The number of aliphatic hydroxyl groups excluding tert-OH is 2. The summed E-state index contributed by atoms with van der Waals surface area (Å²) < 4.78 is 58.4. The molecule has 7 rings (SSSR count). The molecule has 83 heavy (non-hydrogen) atoms. The van der Waals surface area contributed by atoms with Gasteiger partial charge in [-0.1, -0.05) is 160 Å². The topological polar surface area (TPSA) is 283 Å². The minimum atomic E-state index is -2.82. The molecule has 7 aromatic rings. The number of ether oxygens (including phenoxy) is 4. The number of methoxy groups -OCH3 is 1. The number of aliphatic hydroxyl groups is 2. The van der Waals surface area contributed by atoms with Crippen molar-refractivity contribution in [3.63, 3.8) is 0 Å². The van der Waals surface area contributed by atoms with E-state index in [9.17, 15) is 23.4 Å². The van der Waals surface area contributed by atoms with Gasteiger partial charge in [-0.05, 0) is 43.5 Å². The summed E-state index contributed by atoms with van der Waals surface area (Å²) in [7, 11) is 1.52. The molecule has 0 fully saturated rings. The molecule has 19 nitrogen and oxygen atoms in total. The molecule has 3 heterocycles. The van der Waals surface area contributed by atoms with E-state index in [0.29, 0.717) is 87.7 Å². The maximum Gasteiger partial charge on any atom is 0.345 e. The molecule has 0 aliphatic carbocycles. The lowest BCUT2D eigenvalue weighted by molar-refractivity contribution is -0.148. The number of nitrogen functional groups attached to an aromatic ring is 3. The minimum absolute atomic E-state index is 0. The first-order chi connectivity index (χ1) is 38.3. The first-order valence-corrected chi connectivity index (χ1v) is 26.7. The molecular formula is C55H68Cl6F3N13O6. The third-order valence-corrected chi connectivity index (χ3v) is 13.8. The van der Waals surface area contributed by atoms with E-state index in [1.54, 1.807) is 86.6 Å². The van der Waals surface area contributed by atoms with Gasteiger partial charge in [0.25, 0.3) is 0 Å². The first kappa shape index (κ1) is 71.7. The zero-order valence-electron chi connectivity index (χ0n) is 44.7. The largest absolute Gasteiger partial charge is 0.396 e. The molecule has 0 saturated heterocycles. The van der Waals surface area contributed by atoms with Gasteiger partial charge in [-0.25, -0.2) is 14.4 Å². The Morgan fingerprint density at radius 1 is 0.590 bits per heavy atom. The van der Waals surface area contributed by atoms with Crippen molar-refractivity contribution in [2.45, 2.75) is 87.2 Å². The lowest BCUT2D eigenvalue weighted by Crippen LogP contribution is -2.38. The van der Waals surface area contributed by atoms with Crippen LogP contribution in [0.4, 0.5) is 36.6 Å². The second-order valence-electron chi connectivity index (χ2n) is 19.9. The monoisotopic (exact) mass is 1270 g/mol. The van der Waals surface area contributed by atoms with Gasteiger partial charge in [0.2, 0.25) is 5.95 Å². The van der Waals surface area contributed by atoms with Crippen LogP contribution in [0.5, 0.6) is 0 Å². The van der Waals surface area contributed by atoms with E-state index in [1.165, 1.54) is 13.2 Å². The number of nitrogens with one attached hydrogen (secondary N) is 1. The van der Waals surface area contributed by atoms with Crippen LogP contribution in [0, 0.1) is 16.6 Å². The van der Waals surface area contributed by atoms with Crippen LogP contribution in [-0.4, -0.2) is 121 Å². The van der Waals surface area contributed by atoms with Crippen molar-refractivity contribution >= 4 is 93.0 Å². The standard InChI is InChI=1S/C21H21Cl2FN4O2.C17H23Cl2N5O3.C15H16Cl2F2N4O.2CH4/c1-21(11-29,12-30-10-13-5-2-3-8-16(13)24)9-17-26-20(25)19(28-27-17)14-6-4-7-15(22)18(14)23;1-17(2,9-27-8-10(25)7-26-3)22-16-21-15(20)14(23-24-16)11-5-4-6-12(18)13(11)19;1-15(2,7-24-14(18)19)6-10-21-13(20)12(23-22-10)8-4-3-5-9(16)11(8)17;;/h2-8,29H,9-12H2,1H3,(H2,25,26,27);4-6,10,25H,7-9H2,1-3H3,(H3,20,21,22,24);3-5,14H,6-7H2,1-2H3,(H2,20,21,22);2*1H4/t;10-;;;/m.1.../s1. The number of anilines is 4. The van der Waals surface area contributed by atoms with Crippen LogP contribution in [-0.2, 0) is 38.4 Å². The molecule has 452 valence electrons. The van der Waals surface area contributed by atoms with E-state index in [0.717, 1.165) is 0 Å². The quantitative estimate of drug-likeness (QED) is 0.0347. The van der Waals surface area contributed by atoms with E-state index in [-0.39, 0.29) is 96.6 Å². The Bertz CT molecular complexity index is 3200. The van der Waals surface area contributed by atoms with E-state index in [2.05, 4.69) is 55.6 Å². The number of aromatic nitrogens is 9. The SMILES string of the molecule is C.C.CC(C)(COC(F)F)Cc1nnc(-c2cccc(Cl)c2Cl)c(N)n1.CC(CO)(COCc1ccccc1F)Cc1nnc(-c2cccc(Cl)c2Cl)c(N)n1.COC[C@@H](O)COCC(C)(C)Nc1nnc(-c2cccc(Cl)c2Cl)c(N)n1. The van der Waals surface area contributed by atoms with Crippen LogP contribution in [0.1, 0.15) is 66.7 Å². The summed E-state index contributed by atoms with van der Waals surface area (Å²) in [5, 5.41) is 49.2. The van der Waals surface area contributed by atoms with Crippen LogP contribution in [0.2, 0.25) is 30.1 Å². The molecule has 0 amide bonds. The Morgan fingerprint density at radius 2 is 1.06 bits per heavy atom. The molecule has 0 aliphatic rings. The van der Waals surface area contributed by atoms with Gasteiger partial charge in [0.15, 0.2) is 29.1 Å².